The average Bonchev–Trinajstić information content (AvgIpc) is 2.12. The quantitative estimate of drug-likeness (QED) is 0.516. The summed E-state index contributed by atoms with van der Waals surface area (Å²) in [4.78, 5) is 9.78. The molecule has 0 unspecified atom stereocenters. The van der Waals surface area contributed by atoms with Crippen LogP contribution in [-0.4, -0.2) is 6.04 Å². The van der Waals surface area contributed by atoms with Crippen molar-refractivity contribution in [2.75, 3.05) is 0 Å². The summed E-state index contributed by atoms with van der Waals surface area (Å²) in [6.45, 7) is 0. The number of halogens is 1. The first-order valence-corrected chi connectivity index (χ1v) is 2.03. The zero-order valence-electron chi connectivity index (χ0n) is 3.93. The first-order chi connectivity index (χ1) is 3.80. The van der Waals surface area contributed by atoms with E-state index in [2.05, 4.69) is 4.42 Å². The summed E-state index contributed by atoms with van der Waals surface area (Å²) in [6.07, 6.45) is 2.30. The van der Waals surface area contributed by atoms with Gasteiger partial charge in [0.25, 0.3) is 0 Å². The minimum atomic E-state index is -1.46. The molecule has 0 amide bonds. The second-order valence-corrected chi connectivity index (χ2v) is 1.29. The van der Waals surface area contributed by atoms with Crippen molar-refractivity contribution in [1.82, 2.24) is 0 Å². The van der Waals surface area contributed by atoms with Crippen LogP contribution in [-0.2, 0) is 0 Å². The summed E-state index contributed by atoms with van der Waals surface area (Å²) in [7, 11) is 0. The van der Waals surface area contributed by atoms with Crippen molar-refractivity contribution in [3.05, 3.63) is 24.2 Å². The average molecular weight is 114 g/mol. The van der Waals surface area contributed by atoms with Gasteiger partial charge in [0.1, 0.15) is 6.26 Å². The molecule has 0 saturated heterocycles. The van der Waals surface area contributed by atoms with Crippen LogP contribution in [0.15, 0.2) is 23.0 Å². The van der Waals surface area contributed by atoms with Crippen molar-refractivity contribution >= 4 is 6.04 Å². The molecular weight excluding hydrogens is 111 g/mol. The number of carbonyl (C=O) groups is 1. The fourth-order valence-corrected chi connectivity index (χ4v) is 0.376. The first kappa shape index (κ1) is 5.03. The Bertz CT molecular complexity index is 178. The fourth-order valence-electron chi connectivity index (χ4n) is 0.376. The van der Waals surface area contributed by atoms with Gasteiger partial charge < -0.3 is 4.42 Å². The highest BCUT2D eigenvalue weighted by Crippen LogP contribution is 2.00. The summed E-state index contributed by atoms with van der Waals surface area (Å²) >= 11 is 0. The van der Waals surface area contributed by atoms with Gasteiger partial charge in [0.2, 0.25) is 0 Å². The Morgan fingerprint density at radius 2 is 2.50 bits per heavy atom. The van der Waals surface area contributed by atoms with Crippen LogP contribution in [0, 0.1) is 0 Å². The summed E-state index contributed by atoms with van der Waals surface area (Å²) in [5.41, 5.74) is -0.0370. The molecular formula is C5H3FO2. The molecule has 42 valence electrons. The molecule has 0 spiro atoms. The Morgan fingerprint density at radius 3 is 2.75 bits per heavy atom. The van der Waals surface area contributed by atoms with Crippen LogP contribution < -0.4 is 0 Å². The van der Waals surface area contributed by atoms with Crippen LogP contribution in [0.2, 0.25) is 0 Å². The number of carbonyl (C=O) groups excluding carboxylic acids is 1. The third-order valence-corrected chi connectivity index (χ3v) is 0.748. The van der Waals surface area contributed by atoms with Crippen molar-refractivity contribution in [1.29, 1.82) is 0 Å². The van der Waals surface area contributed by atoms with Gasteiger partial charge in [-0.3, -0.25) is 4.79 Å². The third-order valence-electron chi connectivity index (χ3n) is 0.748. The van der Waals surface area contributed by atoms with Crippen LogP contribution in [0.25, 0.3) is 0 Å². The van der Waals surface area contributed by atoms with Gasteiger partial charge in [0, 0.05) is 0 Å². The van der Waals surface area contributed by atoms with Crippen molar-refractivity contribution < 1.29 is 13.6 Å². The first-order valence-electron chi connectivity index (χ1n) is 2.03. The van der Waals surface area contributed by atoms with Crippen LogP contribution in [0.5, 0.6) is 0 Å². The Morgan fingerprint density at radius 1 is 1.75 bits per heavy atom. The Hall–Kier alpha value is -1.12. The molecule has 0 bridgehead atoms. The molecule has 0 aliphatic carbocycles. The lowest BCUT2D eigenvalue weighted by Gasteiger charge is -1.73. The van der Waals surface area contributed by atoms with E-state index in [-0.39, 0.29) is 5.56 Å². The predicted octanol–water partition coefficient (Wildman–Crippen LogP) is 1.39. The lowest BCUT2D eigenvalue weighted by atomic mass is 10.4. The number of furan rings is 1. The van der Waals surface area contributed by atoms with Gasteiger partial charge in [0.05, 0.1) is 11.8 Å². The molecule has 0 saturated carbocycles. The Labute approximate surface area is 44.9 Å². The standard InChI is InChI=1S/C5H3FO2/c6-5(7)4-1-2-8-3-4/h1-3H. The molecule has 0 atom stereocenters. The fraction of sp³-hybridized carbons (Fsp3) is 0. The topological polar surface area (TPSA) is 30.2 Å². The number of hydrogen-bond donors (Lipinski definition) is 0. The second-order valence-electron chi connectivity index (χ2n) is 1.29. The van der Waals surface area contributed by atoms with E-state index in [1.807, 2.05) is 0 Å². The summed E-state index contributed by atoms with van der Waals surface area (Å²) in [5, 5.41) is 0. The molecule has 0 aliphatic heterocycles. The monoisotopic (exact) mass is 114 g/mol. The number of rotatable bonds is 1. The van der Waals surface area contributed by atoms with E-state index in [1.54, 1.807) is 0 Å². The zero-order chi connectivity index (χ0) is 5.98. The minimum absolute atomic E-state index is 0.0370. The van der Waals surface area contributed by atoms with Gasteiger partial charge >= 0.3 is 6.04 Å². The molecule has 0 aliphatic rings. The summed E-state index contributed by atoms with van der Waals surface area (Å²) < 4.78 is 16.0. The molecule has 0 N–H and O–H groups in total. The van der Waals surface area contributed by atoms with Crippen molar-refractivity contribution in [2.45, 2.75) is 0 Å². The molecule has 1 aromatic rings. The van der Waals surface area contributed by atoms with E-state index in [9.17, 15) is 9.18 Å². The maximum absolute atomic E-state index is 11.6. The molecule has 3 heteroatoms. The van der Waals surface area contributed by atoms with Gasteiger partial charge in [0.15, 0.2) is 0 Å². The van der Waals surface area contributed by atoms with E-state index >= 15 is 0 Å². The molecule has 2 nitrogen and oxygen atoms in total. The molecule has 1 heterocycles. The van der Waals surface area contributed by atoms with E-state index in [0.717, 1.165) is 6.26 Å². The minimum Gasteiger partial charge on any atom is -0.472 e. The lowest BCUT2D eigenvalue weighted by Crippen LogP contribution is -1.82. The van der Waals surface area contributed by atoms with Gasteiger partial charge in [-0.2, -0.15) is 4.39 Å². The second kappa shape index (κ2) is 1.78. The van der Waals surface area contributed by atoms with Crippen LogP contribution >= 0.6 is 0 Å². The van der Waals surface area contributed by atoms with Gasteiger partial charge in [-0.15, -0.1) is 0 Å². The SMILES string of the molecule is O=C(F)c1ccoc1. The van der Waals surface area contributed by atoms with Crippen molar-refractivity contribution in [3.63, 3.8) is 0 Å². The smallest absolute Gasteiger partial charge is 0.335 e. The third kappa shape index (κ3) is 0.753. The summed E-state index contributed by atoms with van der Waals surface area (Å²) in [6, 6.07) is -0.193. The Balaban J connectivity index is 2.93. The van der Waals surface area contributed by atoms with Gasteiger partial charge in [-0.25, -0.2) is 0 Å². The van der Waals surface area contributed by atoms with E-state index in [1.165, 1.54) is 12.3 Å². The highest BCUT2D eigenvalue weighted by Gasteiger charge is 2.01. The normalized spacial score (nSPS) is 9.12. The van der Waals surface area contributed by atoms with Crippen LogP contribution in [0.1, 0.15) is 10.4 Å². The number of hydrogen-bond acceptors (Lipinski definition) is 2. The highest BCUT2D eigenvalue weighted by molar-refractivity contribution is 5.87. The molecule has 0 radical (unpaired) electrons. The molecule has 0 fully saturated rings. The lowest BCUT2D eigenvalue weighted by molar-refractivity contribution is 0.0835. The van der Waals surface area contributed by atoms with Crippen LogP contribution in [0.4, 0.5) is 4.39 Å². The Kier molecular flexibility index (Phi) is 1.12. The van der Waals surface area contributed by atoms with Crippen molar-refractivity contribution in [2.24, 2.45) is 0 Å². The largest absolute Gasteiger partial charge is 0.472 e. The highest BCUT2D eigenvalue weighted by atomic mass is 19.1. The van der Waals surface area contributed by atoms with E-state index in [4.69, 9.17) is 0 Å². The van der Waals surface area contributed by atoms with Gasteiger partial charge in [-0.1, -0.05) is 0 Å². The maximum atomic E-state index is 11.6. The van der Waals surface area contributed by atoms with Crippen molar-refractivity contribution in [3.8, 4) is 0 Å². The van der Waals surface area contributed by atoms with Crippen LogP contribution in [0.3, 0.4) is 0 Å². The summed E-state index contributed by atoms with van der Waals surface area (Å²) in [5.74, 6) is 0. The maximum Gasteiger partial charge on any atom is 0.335 e. The zero-order valence-corrected chi connectivity index (χ0v) is 3.93. The van der Waals surface area contributed by atoms with Gasteiger partial charge in [-0.05, 0) is 6.07 Å². The molecule has 0 aromatic carbocycles. The molecule has 1 rings (SSSR count). The predicted molar refractivity (Wildman–Crippen MR) is 24.1 cm³/mol. The van der Waals surface area contributed by atoms with E-state index < -0.39 is 6.04 Å². The van der Waals surface area contributed by atoms with E-state index in [0.29, 0.717) is 0 Å². The molecule has 1 aromatic heterocycles. The molecule has 8 heavy (non-hydrogen) atoms.